The van der Waals surface area contributed by atoms with E-state index < -0.39 is 0 Å². The topological polar surface area (TPSA) is 15.3 Å². The summed E-state index contributed by atoms with van der Waals surface area (Å²) in [5, 5.41) is 10.5. The van der Waals surface area contributed by atoms with Crippen LogP contribution in [-0.2, 0) is 0 Å². The van der Waals surface area contributed by atoms with Crippen LogP contribution >= 0.6 is 23.5 Å². The molecule has 1 N–H and O–H groups in total. The lowest BCUT2D eigenvalue weighted by Gasteiger charge is -2.19. The number of fused-ring (bicyclic) bond motifs is 4. The van der Waals surface area contributed by atoms with Gasteiger partial charge in [-0.1, -0.05) is 72.1 Å². The molecule has 6 rings (SSSR count). The lowest BCUT2D eigenvalue weighted by molar-refractivity contribution is 0.997. The monoisotopic (exact) mass is 412 g/mol. The first-order valence-corrected chi connectivity index (χ1v) is 11.6. The van der Waals surface area contributed by atoms with E-state index in [-0.39, 0.29) is 5.37 Å². The summed E-state index contributed by atoms with van der Waals surface area (Å²) in [6.07, 6.45) is 2.38. The fourth-order valence-corrected chi connectivity index (χ4v) is 6.60. The molecule has 2 aliphatic heterocycles. The van der Waals surface area contributed by atoms with Gasteiger partial charge in [0.15, 0.2) is 0 Å². The Morgan fingerprint density at radius 3 is 2.17 bits per heavy atom. The maximum absolute atomic E-state index is 3.70. The molecule has 4 aromatic rings. The molecule has 0 amide bonds. The highest BCUT2D eigenvalue weighted by Crippen LogP contribution is 2.49. The molecule has 4 aromatic carbocycles. The minimum absolute atomic E-state index is 0.252. The molecule has 2 nitrogen and oxygen atoms in total. The molecule has 0 saturated heterocycles. The molecule has 0 aliphatic carbocycles. The van der Waals surface area contributed by atoms with Crippen molar-refractivity contribution in [3.8, 4) is 0 Å². The van der Waals surface area contributed by atoms with Crippen molar-refractivity contribution in [1.82, 2.24) is 0 Å². The highest BCUT2D eigenvalue weighted by atomic mass is 32.2. The first-order chi connectivity index (χ1) is 14.3. The SMILES string of the molecule is CCN1C(=CC2Nc3cc4ccccc4cc3S2)Sc2cc3ccccc3cc21. The second-order valence-electron chi connectivity index (χ2n) is 7.40. The summed E-state index contributed by atoms with van der Waals surface area (Å²) in [6, 6.07) is 26.5. The number of rotatable bonds is 2. The minimum Gasteiger partial charge on any atom is -0.369 e. The van der Waals surface area contributed by atoms with Crippen LogP contribution < -0.4 is 10.2 Å². The molecule has 0 spiro atoms. The largest absolute Gasteiger partial charge is 0.369 e. The van der Waals surface area contributed by atoms with Crippen LogP contribution in [0.2, 0.25) is 0 Å². The summed E-state index contributed by atoms with van der Waals surface area (Å²) in [5.41, 5.74) is 2.57. The predicted molar refractivity (Wildman–Crippen MR) is 128 cm³/mol. The second kappa shape index (κ2) is 6.75. The van der Waals surface area contributed by atoms with Crippen molar-refractivity contribution < 1.29 is 0 Å². The summed E-state index contributed by atoms with van der Waals surface area (Å²) < 4.78 is 0. The Kier molecular flexibility index (Phi) is 4.03. The summed E-state index contributed by atoms with van der Waals surface area (Å²) in [4.78, 5) is 5.12. The van der Waals surface area contributed by atoms with E-state index in [4.69, 9.17) is 0 Å². The Balaban J connectivity index is 1.34. The zero-order valence-electron chi connectivity index (χ0n) is 16.1. The number of hydrogen-bond donors (Lipinski definition) is 1. The van der Waals surface area contributed by atoms with Gasteiger partial charge in [0.25, 0.3) is 0 Å². The van der Waals surface area contributed by atoms with Gasteiger partial charge in [0, 0.05) is 22.0 Å². The van der Waals surface area contributed by atoms with Gasteiger partial charge in [0.2, 0.25) is 0 Å². The van der Waals surface area contributed by atoms with Gasteiger partial charge in [-0.3, -0.25) is 0 Å². The van der Waals surface area contributed by atoms with Gasteiger partial charge in [-0.15, -0.1) is 0 Å². The molecule has 2 heterocycles. The number of nitrogens with one attached hydrogen (secondary N) is 1. The number of hydrogen-bond acceptors (Lipinski definition) is 4. The molecule has 0 aromatic heterocycles. The quantitative estimate of drug-likeness (QED) is 0.371. The Hall–Kier alpha value is -2.56. The van der Waals surface area contributed by atoms with E-state index in [1.807, 2.05) is 23.5 Å². The summed E-state index contributed by atoms with van der Waals surface area (Å²) in [6.45, 7) is 3.20. The first-order valence-electron chi connectivity index (χ1n) is 9.94. The molecule has 4 heteroatoms. The summed E-state index contributed by atoms with van der Waals surface area (Å²) in [5.74, 6) is 0. The number of benzene rings is 4. The van der Waals surface area contributed by atoms with Crippen molar-refractivity contribution in [2.24, 2.45) is 0 Å². The molecule has 0 radical (unpaired) electrons. The molecule has 142 valence electrons. The van der Waals surface area contributed by atoms with E-state index in [1.165, 1.54) is 47.7 Å². The Bertz CT molecular complexity index is 1250. The molecular formula is C25H20N2S2. The lowest BCUT2D eigenvalue weighted by atomic mass is 10.1. The molecule has 2 aliphatic rings. The smallest absolute Gasteiger partial charge is 0.0985 e. The fourth-order valence-electron chi connectivity index (χ4n) is 4.19. The highest BCUT2D eigenvalue weighted by molar-refractivity contribution is 8.04. The molecule has 1 unspecified atom stereocenters. The Morgan fingerprint density at radius 1 is 0.862 bits per heavy atom. The summed E-state index contributed by atoms with van der Waals surface area (Å²) >= 11 is 3.79. The van der Waals surface area contributed by atoms with Gasteiger partial charge in [-0.2, -0.15) is 0 Å². The average Bonchev–Trinajstić information content (AvgIpc) is 3.29. The van der Waals surface area contributed by atoms with Crippen molar-refractivity contribution in [1.29, 1.82) is 0 Å². The van der Waals surface area contributed by atoms with E-state index >= 15 is 0 Å². The third kappa shape index (κ3) is 2.90. The molecular weight excluding hydrogens is 392 g/mol. The van der Waals surface area contributed by atoms with Crippen LogP contribution in [0.15, 0.2) is 93.7 Å². The van der Waals surface area contributed by atoms with Gasteiger partial charge in [-0.05, 0) is 58.8 Å². The van der Waals surface area contributed by atoms with Crippen LogP contribution in [-0.4, -0.2) is 11.9 Å². The van der Waals surface area contributed by atoms with Crippen LogP contribution in [0.5, 0.6) is 0 Å². The van der Waals surface area contributed by atoms with Gasteiger partial charge in [0.1, 0.15) is 0 Å². The third-order valence-corrected chi connectivity index (χ3v) is 7.82. The molecule has 0 bridgehead atoms. The highest BCUT2D eigenvalue weighted by Gasteiger charge is 2.27. The summed E-state index contributed by atoms with van der Waals surface area (Å²) in [7, 11) is 0. The first kappa shape index (κ1) is 17.3. The predicted octanol–water partition coefficient (Wildman–Crippen LogP) is 7.31. The lowest BCUT2D eigenvalue weighted by Crippen LogP contribution is -2.18. The van der Waals surface area contributed by atoms with Crippen LogP contribution in [0.3, 0.4) is 0 Å². The maximum Gasteiger partial charge on any atom is 0.0985 e. The van der Waals surface area contributed by atoms with Crippen molar-refractivity contribution in [2.75, 3.05) is 16.8 Å². The van der Waals surface area contributed by atoms with Crippen LogP contribution in [0, 0.1) is 0 Å². The number of anilines is 2. The van der Waals surface area contributed by atoms with Crippen LogP contribution in [0.25, 0.3) is 21.5 Å². The third-order valence-electron chi connectivity index (χ3n) is 5.61. The Morgan fingerprint density at radius 2 is 1.48 bits per heavy atom. The maximum atomic E-state index is 3.70. The number of nitrogens with zero attached hydrogens (tertiary/aromatic N) is 1. The van der Waals surface area contributed by atoms with E-state index in [0.29, 0.717) is 0 Å². The molecule has 1 atom stereocenters. The van der Waals surface area contributed by atoms with Gasteiger partial charge < -0.3 is 10.2 Å². The molecule has 29 heavy (non-hydrogen) atoms. The van der Waals surface area contributed by atoms with Crippen molar-refractivity contribution in [3.63, 3.8) is 0 Å². The normalized spacial score (nSPS) is 19.0. The van der Waals surface area contributed by atoms with Gasteiger partial charge in [-0.25, -0.2) is 0 Å². The molecule has 0 saturated carbocycles. The van der Waals surface area contributed by atoms with Gasteiger partial charge >= 0.3 is 0 Å². The minimum atomic E-state index is 0.252. The average molecular weight is 413 g/mol. The van der Waals surface area contributed by atoms with Crippen molar-refractivity contribution in [2.45, 2.75) is 22.1 Å². The van der Waals surface area contributed by atoms with Crippen molar-refractivity contribution in [3.05, 3.63) is 83.9 Å². The number of thioether (sulfide) groups is 2. The van der Waals surface area contributed by atoms with E-state index in [2.05, 4.69) is 96.0 Å². The standard InChI is InChI=1S/C25H20N2S2/c1-2-27-21-12-17-8-4-6-10-19(17)14-23(21)29-25(27)15-24-26-20-11-16-7-3-5-9-18(16)13-22(20)28-24/h3-15,24,26H,2H2,1H3. The van der Waals surface area contributed by atoms with Crippen LogP contribution in [0.4, 0.5) is 11.4 Å². The van der Waals surface area contributed by atoms with E-state index in [1.54, 1.807) is 0 Å². The molecule has 0 fully saturated rings. The van der Waals surface area contributed by atoms with Crippen LogP contribution in [0.1, 0.15) is 6.92 Å². The van der Waals surface area contributed by atoms with E-state index in [0.717, 1.165) is 6.54 Å². The zero-order chi connectivity index (χ0) is 19.4. The Labute approximate surface area is 179 Å². The zero-order valence-corrected chi connectivity index (χ0v) is 17.7. The van der Waals surface area contributed by atoms with E-state index in [9.17, 15) is 0 Å². The van der Waals surface area contributed by atoms with Gasteiger partial charge in [0.05, 0.1) is 16.1 Å². The fraction of sp³-hybridized carbons (Fsp3) is 0.120. The second-order valence-corrected chi connectivity index (χ2v) is 9.64. The van der Waals surface area contributed by atoms with Crippen molar-refractivity contribution >= 4 is 56.4 Å².